The van der Waals surface area contributed by atoms with Crippen molar-refractivity contribution in [3.63, 3.8) is 0 Å². The number of rotatable bonds is 2. The lowest BCUT2D eigenvalue weighted by atomic mass is 10.2. The maximum atomic E-state index is 11.5. The van der Waals surface area contributed by atoms with E-state index in [4.69, 9.17) is 22.1 Å². The number of hydrogen-bond donors (Lipinski definition) is 1. The molecule has 1 aromatic rings. The van der Waals surface area contributed by atoms with Gasteiger partial charge < -0.3 is 10.5 Å². The highest BCUT2D eigenvalue weighted by Crippen LogP contribution is 2.23. The molecule has 1 aromatic carbocycles. The monoisotopic (exact) mass is 213 g/mol. The van der Waals surface area contributed by atoms with Gasteiger partial charge in [0.2, 0.25) is 0 Å². The van der Waals surface area contributed by atoms with Crippen LogP contribution in [-0.2, 0) is 4.74 Å². The van der Waals surface area contributed by atoms with E-state index in [0.717, 1.165) is 0 Å². The van der Waals surface area contributed by atoms with E-state index < -0.39 is 5.97 Å². The molecule has 3 nitrogen and oxygen atoms in total. The molecule has 0 heterocycles. The number of esters is 1. The van der Waals surface area contributed by atoms with Crippen molar-refractivity contribution >= 4 is 23.3 Å². The molecule has 76 valence electrons. The minimum absolute atomic E-state index is 0.182. The zero-order valence-electron chi connectivity index (χ0n) is 8.08. The molecular formula is C10H12ClNO2. The summed E-state index contributed by atoms with van der Waals surface area (Å²) in [4.78, 5) is 11.5. The summed E-state index contributed by atoms with van der Waals surface area (Å²) >= 11 is 5.83. The quantitative estimate of drug-likeness (QED) is 0.607. The predicted octanol–water partition coefficient (Wildman–Crippen LogP) is 2.49. The summed E-state index contributed by atoms with van der Waals surface area (Å²) in [5.74, 6) is -0.483. The van der Waals surface area contributed by atoms with Gasteiger partial charge in [-0.05, 0) is 26.0 Å². The van der Waals surface area contributed by atoms with Crippen LogP contribution >= 0.6 is 11.6 Å². The van der Waals surface area contributed by atoms with Gasteiger partial charge in [-0.25, -0.2) is 4.79 Å². The van der Waals surface area contributed by atoms with Crippen molar-refractivity contribution in [1.29, 1.82) is 0 Å². The highest BCUT2D eigenvalue weighted by atomic mass is 35.5. The van der Waals surface area contributed by atoms with Crippen LogP contribution in [0.15, 0.2) is 18.2 Å². The highest BCUT2D eigenvalue weighted by molar-refractivity contribution is 6.34. The second-order valence-corrected chi connectivity index (χ2v) is 3.57. The summed E-state index contributed by atoms with van der Waals surface area (Å²) in [6.07, 6.45) is -0.182. The first-order valence-corrected chi connectivity index (χ1v) is 4.65. The summed E-state index contributed by atoms with van der Waals surface area (Å²) in [7, 11) is 0. The van der Waals surface area contributed by atoms with Crippen LogP contribution in [0.3, 0.4) is 0 Å². The van der Waals surface area contributed by atoms with E-state index in [9.17, 15) is 4.79 Å². The number of anilines is 1. The Kier molecular flexibility index (Phi) is 3.36. The van der Waals surface area contributed by atoms with E-state index in [1.807, 2.05) is 0 Å². The Labute approximate surface area is 87.8 Å². The number of carbonyl (C=O) groups excluding carboxylic acids is 1. The number of carbonyl (C=O) groups is 1. The fraction of sp³-hybridized carbons (Fsp3) is 0.300. The molecule has 2 N–H and O–H groups in total. The molecule has 0 spiro atoms. The normalized spacial score (nSPS) is 10.3. The Bertz CT molecular complexity index is 330. The van der Waals surface area contributed by atoms with E-state index in [1.165, 1.54) is 0 Å². The summed E-state index contributed by atoms with van der Waals surface area (Å²) < 4.78 is 4.99. The zero-order chi connectivity index (χ0) is 10.7. The number of ether oxygens (including phenoxy) is 1. The van der Waals surface area contributed by atoms with Gasteiger partial charge in [-0.3, -0.25) is 0 Å². The molecule has 0 atom stereocenters. The van der Waals surface area contributed by atoms with E-state index in [0.29, 0.717) is 10.7 Å². The molecule has 0 aliphatic rings. The van der Waals surface area contributed by atoms with Crippen molar-refractivity contribution in [3.8, 4) is 0 Å². The van der Waals surface area contributed by atoms with Crippen LogP contribution in [0.25, 0.3) is 0 Å². The summed E-state index contributed by atoms with van der Waals surface area (Å²) in [6, 6.07) is 4.90. The SMILES string of the molecule is CC(C)OC(=O)c1c(N)cccc1Cl. The third-order valence-electron chi connectivity index (χ3n) is 1.59. The number of hydrogen-bond acceptors (Lipinski definition) is 3. The first kappa shape index (κ1) is 10.9. The van der Waals surface area contributed by atoms with E-state index in [1.54, 1.807) is 32.0 Å². The van der Waals surface area contributed by atoms with Crippen LogP contribution in [0.2, 0.25) is 5.02 Å². The van der Waals surface area contributed by atoms with E-state index in [2.05, 4.69) is 0 Å². The molecule has 14 heavy (non-hydrogen) atoms. The van der Waals surface area contributed by atoms with Crippen LogP contribution < -0.4 is 5.73 Å². The van der Waals surface area contributed by atoms with Crippen molar-refractivity contribution in [3.05, 3.63) is 28.8 Å². The first-order valence-electron chi connectivity index (χ1n) is 4.27. The smallest absolute Gasteiger partial charge is 0.342 e. The molecule has 0 saturated heterocycles. The molecule has 0 unspecified atom stereocenters. The lowest BCUT2D eigenvalue weighted by Gasteiger charge is -2.10. The molecule has 0 bridgehead atoms. The van der Waals surface area contributed by atoms with Crippen molar-refractivity contribution < 1.29 is 9.53 Å². The second kappa shape index (κ2) is 4.33. The van der Waals surface area contributed by atoms with Gasteiger partial charge >= 0.3 is 5.97 Å². The maximum absolute atomic E-state index is 11.5. The van der Waals surface area contributed by atoms with Gasteiger partial charge in [0, 0.05) is 5.69 Å². The van der Waals surface area contributed by atoms with Crippen molar-refractivity contribution in [2.24, 2.45) is 0 Å². The van der Waals surface area contributed by atoms with Crippen LogP contribution in [-0.4, -0.2) is 12.1 Å². The van der Waals surface area contributed by atoms with E-state index >= 15 is 0 Å². The minimum Gasteiger partial charge on any atom is -0.459 e. The molecule has 0 saturated carbocycles. The number of benzene rings is 1. The Hall–Kier alpha value is -1.22. The number of nitrogen functional groups attached to an aromatic ring is 1. The van der Waals surface area contributed by atoms with Crippen molar-refractivity contribution in [2.75, 3.05) is 5.73 Å². The first-order chi connectivity index (χ1) is 6.52. The van der Waals surface area contributed by atoms with Gasteiger partial charge in [-0.1, -0.05) is 17.7 Å². The molecule has 0 aliphatic heterocycles. The van der Waals surface area contributed by atoms with Gasteiger partial charge in [0.05, 0.1) is 11.1 Å². The summed E-state index contributed by atoms with van der Waals surface area (Å²) in [5.41, 5.74) is 6.19. The Morgan fingerprint density at radius 2 is 2.14 bits per heavy atom. The van der Waals surface area contributed by atoms with Crippen LogP contribution in [0.4, 0.5) is 5.69 Å². The predicted molar refractivity (Wildman–Crippen MR) is 56.4 cm³/mol. The topological polar surface area (TPSA) is 52.3 Å². The third-order valence-corrected chi connectivity index (χ3v) is 1.91. The average molecular weight is 214 g/mol. The summed E-state index contributed by atoms with van der Waals surface area (Å²) in [6.45, 7) is 3.54. The van der Waals surface area contributed by atoms with Gasteiger partial charge in [0.25, 0.3) is 0 Å². The van der Waals surface area contributed by atoms with Crippen molar-refractivity contribution in [1.82, 2.24) is 0 Å². The molecule has 0 aliphatic carbocycles. The van der Waals surface area contributed by atoms with Crippen LogP contribution in [0.5, 0.6) is 0 Å². The van der Waals surface area contributed by atoms with E-state index in [-0.39, 0.29) is 11.7 Å². The number of halogens is 1. The van der Waals surface area contributed by atoms with Gasteiger partial charge in [0.15, 0.2) is 0 Å². The van der Waals surface area contributed by atoms with Crippen LogP contribution in [0.1, 0.15) is 24.2 Å². The van der Waals surface area contributed by atoms with Crippen LogP contribution in [0, 0.1) is 0 Å². The Morgan fingerprint density at radius 3 is 2.64 bits per heavy atom. The second-order valence-electron chi connectivity index (χ2n) is 3.16. The average Bonchev–Trinajstić information content (AvgIpc) is 2.01. The largest absolute Gasteiger partial charge is 0.459 e. The third kappa shape index (κ3) is 2.39. The maximum Gasteiger partial charge on any atom is 0.342 e. The lowest BCUT2D eigenvalue weighted by Crippen LogP contribution is -2.13. The van der Waals surface area contributed by atoms with Gasteiger partial charge in [-0.15, -0.1) is 0 Å². The molecular weight excluding hydrogens is 202 g/mol. The Balaban J connectivity index is 3.00. The Morgan fingerprint density at radius 1 is 1.50 bits per heavy atom. The molecule has 1 rings (SSSR count). The summed E-state index contributed by atoms with van der Waals surface area (Å²) in [5, 5.41) is 0.315. The molecule has 4 heteroatoms. The molecule has 0 radical (unpaired) electrons. The molecule has 0 amide bonds. The fourth-order valence-corrected chi connectivity index (χ4v) is 1.29. The highest BCUT2D eigenvalue weighted by Gasteiger charge is 2.16. The standard InChI is InChI=1S/C10H12ClNO2/c1-6(2)14-10(13)9-7(11)4-3-5-8(9)12/h3-6H,12H2,1-2H3. The number of nitrogens with two attached hydrogens (primary N) is 1. The fourth-order valence-electron chi connectivity index (χ4n) is 1.03. The molecule has 0 aromatic heterocycles. The zero-order valence-corrected chi connectivity index (χ0v) is 8.84. The van der Waals surface area contributed by atoms with Gasteiger partial charge in [-0.2, -0.15) is 0 Å². The van der Waals surface area contributed by atoms with Crippen molar-refractivity contribution in [2.45, 2.75) is 20.0 Å². The molecule has 0 fully saturated rings. The van der Waals surface area contributed by atoms with Gasteiger partial charge in [0.1, 0.15) is 5.56 Å². The lowest BCUT2D eigenvalue weighted by molar-refractivity contribution is 0.0379. The minimum atomic E-state index is -0.483.